The van der Waals surface area contributed by atoms with Gasteiger partial charge < -0.3 is 20.0 Å². The fourth-order valence-corrected chi connectivity index (χ4v) is 5.54. The Labute approximate surface area is 226 Å². The molecule has 3 N–H and O–H groups in total. The third kappa shape index (κ3) is 5.64. The minimum Gasteiger partial charge on any atom is -0.385 e. The smallest absolute Gasteiger partial charge is 0.250 e. The third-order valence-corrected chi connectivity index (χ3v) is 8.21. The number of halogens is 1. The maximum atomic E-state index is 14.1. The number of allylic oxidation sites excluding steroid dienone is 7. The van der Waals surface area contributed by atoms with E-state index in [1.54, 1.807) is 13.4 Å². The Morgan fingerprint density at radius 2 is 2.03 bits per heavy atom. The number of rotatable bonds is 6. The summed E-state index contributed by atoms with van der Waals surface area (Å²) in [5.41, 5.74) is 7.58. The average Bonchev–Trinajstić information content (AvgIpc) is 3.09. The Morgan fingerprint density at radius 1 is 1.28 bits per heavy atom. The standard InChI is InChI=1S/C27H34BrN5O2S/c1-18-6-4-7-20(16-18)23(33-17-30-24(31-29-3)19(2)26(33)36)25(34)32-14-12-27(35,13-15-32)21-8-5-9-22(28)11-10-21/h4,7-11,16-18,23,29,31,35H,5-6,12-15H2,1-3H3. The number of hydrogen-bond donors (Lipinski definition) is 3. The Hall–Kier alpha value is -2.33. The van der Waals surface area contributed by atoms with Crippen LogP contribution in [0.1, 0.15) is 44.2 Å². The molecule has 192 valence electrons. The van der Waals surface area contributed by atoms with Gasteiger partial charge in [-0.1, -0.05) is 71.5 Å². The van der Waals surface area contributed by atoms with Crippen LogP contribution in [0.2, 0.25) is 0 Å². The van der Waals surface area contributed by atoms with Crippen molar-refractivity contribution in [1.82, 2.24) is 19.9 Å². The largest absolute Gasteiger partial charge is 0.385 e. The van der Waals surface area contributed by atoms with Crippen molar-refractivity contribution in [1.29, 1.82) is 0 Å². The summed E-state index contributed by atoms with van der Waals surface area (Å²) in [5, 5.41) is 11.4. The monoisotopic (exact) mass is 571 g/mol. The van der Waals surface area contributed by atoms with E-state index in [0.717, 1.165) is 34.0 Å². The second kappa shape index (κ2) is 11.4. The van der Waals surface area contributed by atoms with Gasteiger partial charge >= 0.3 is 0 Å². The van der Waals surface area contributed by atoms with Crippen molar-refractivity contribution in [2.45, 2.75) is 51.2 Å². The molecule has 0 aromatic carbocycles. The molecule has 3 aliphatic rings. The van der Waals surface area contributed by atoms with Crippen LogP contribution in [0.25, 0.3) is 0 Å². The van der Waals surface area contributed by atoms with Crippen LogP contribution >= 0.6 is 28.1 Å². The number of anilines is 1. The minimum atomic E-state index is -0.943. The van der Waals surface area contributed by atoms with Crippen LogP contribution in [0, 0.1) is 17.5 Å². The summed E-state index contributed by atoms with van der Waals surface area (Å²) in [6.07, 6.45) is 18.7. The highest BCUT2D eigenvalue weighted by Crippen LogP contribution is 2.35. The Morgan fingerprint density at radius 3 is 2.72 bits per heavy atom. The molecule has 2 aliphatic carbocycles. The average molecular weight is 573 g/mol. The van der Waals surface area contributed by atoms with Crippen molar-refractivity contribution in [3.05, 3.63) is 74.7 Å². The summed E-state index contributed by atoms with van der Waals surface area (Å²) in [7, 11) is 1.77. The van der Waals surface area contributed by atoms with Crippen molar-refractivity contribution in [2.24, 2.45) is 5.92 Å². The van der Waals surface area contributed by atoms with Crippen molar-refractivity contribution in [3.63, 3.8) is 0 Å². The number of aromatic nitrogens is 2. The number of carbonyl (C=O) groups excluding carboxylic acids is 1. The molecule has 2 heterocycles. The SMILES string of the molecule is CNNc1ncn(C(C(=O)N2CCC(O)(C3=CCC=C(Br)C=C3)CC2)C2=CC(C)CC=C2)c(=S)c1C. The van der Waals surface area contributed by atoms with Gasteiger partial charge in [0.15, 0.2) is 0 Å². The van der Waals surface area contributed by atoms with Gasteiger partial charge in [-0.2, -0.15) is 0 Å². The molecule has 1 aromatic heterocycles. The maximum Gasteiger partial charge on any atom is 0.250 e. The normalized spacial score (nSPS) is 22.3. The molecule has 1 aromatic rings. The fraction of sp³-hybridized carbons (Fsp3) is 0.444. The summed E-state index contributed by atoms with van der Waals surface area (Å²) in [6, 6.07) is -0.602. The van der Waals surface area contributed by atoms with Crippen LogP contribution in [-0.4, -0.2) is 51.2 Å². The first-order valence-electron chi connectivity index (χ1n) is 12.4. The van der Waals surface area contributed by atoms with Gasteiger partial charge in [0.25, 0.3) is 0 Å². The van der Waals surface area contributed by atoms with E-state index in [0.29, 0.717) is 42.3 Å². The zero-order valence-corrected chi connectivity index (χ0v) is 23.4. The molecule has 1 amide bonds. The zero-order chi connectivity index (χ0) is 25.9. The molecule has 7 nitrogen and oxygen atoms in total. The third-order valence-electron chi connectivity index (χ3n) is 7.10. The zero-order valence-electron chi connectivity index (χ0n) is 21.0. The Balaban J connectivity index is 1.61. The lowest BCUT2D eigenvalue weighted by Gasteiger charge is -2.40. The molecule has 4 rings (SSSR count). The summed E-state index contributed by atoms with van der Waals surface area (Å²) in [5.74, 6) is 0.950. The summed E-state index contributed by atoms with van der Waals surface area (Å²) in [6.45, 7) is 4.99. The number of amides is 1. The lowest BCUT2D eigenvalue weighted by Crippen LogP contribution is -2.49. The van der Waals surface area contributed by atoms with E-state index < -0.39 is 11.6 Å². The second-order valence-electron chi connectivity index (χ2n) is 9.66. The van der Waals surface area contributed by atoms with Crippen LogP contribution < -0.4 is 10.9 Å². The topological polar surface area (TPSA) is 82.4 Å². The van der Waals surface area contributed by atoms with E-state index in [1.807, 2.05) is 34.6 Å². The maximum absolute atomic E-state index is 14.1. The predicted octanol–water partition coefficient (Wildman–Crippen LogP) is 5.05. The number of nitrogens with zero attached hydrogens (tertiary/aromatic N) is 3. The molecule has 2 unspecified atom stereocenters. The van der Waals surface area contributed by atoms with Gasteiger partial charge in [0.2, 0.25) is 5.91 Å². The molecule has 0 bridgehead atoms. The molecular weight excluding hydrogens is 538 g/mol. The van der Waals surface area contributed by atoms with Crippen LogP contribution in [-0.2, 0) is 4.79 Å². The molecule has 1 saturated heterocycles. The summed E-state index contributed by atoms with van der Waals surface area (Å²) in [4.78, 5) is 20.5. The summed E-state index contributed by atoms with van der Waals surface area (Å²) < 4.78 is 3.38. The van der Waals surface area contributed by atoms with E-state index in [1.165, 1.54) is 0 Å². The molecular formula is C27H34BrN5O2S. The van der Waals surface area contributed by atoms with Gasteiger partial charge in [-0.15, -0.1) is 0 Å². The van der Waals surface area contributed by atoms with Gasteiger partial charge in [-0.05, 0) is 55.7 Å². The second-order valence-corrected chi connectivity index (χ2v) is 11.0. The first kappa shape index (κ1) is 26.7. The van der Waals surface area contributed by atoms with E-state index >= 15 is 0 Å². The molecule has 36 heavy (non-hydrogen) atoms. The number of hydrogen-bond acceptors (Lipinski definition) is 6. The van der Waals surface area contributed by atoms with E-state index in [4.69, 9.17) is 12.2 Å². The Kier molecular flexibility index (Phi) is 8.44. The molecule has 0 saturated carbocycles. The van der Waals surface area contributed by atoms with Crippen molar-refractivity contribution in [2.75, 3.05) is 25.6 Å². The lowest BCUT2D eigenvalue weighted by molar-refractivity contribution is -0.137. The van der Waals surface area contributed by atoms with Crippen molar-refractivity contribution >= 4 is 39.9 Å². The molecule has 1 aliphatic heterocycles. The van der Waals surface area contributed by atoms with Crippen molar-refractivity contribution < 1.29 is 9.90 Å². The number of nitrogens with one attached hydrogen (secondary N) is 2. The first-order valence-corrected chi connectivity index (χ1v) is 13.6. The number of piperidine rings is 1. The van der Waals surface area contributed by atoms with E-state index in [2.05, 4.69) is 63.0 Å². The highest BCUT2D eigenvalue weighted by atomic mass is 79.9. The first-order chi connectivity index (χ1) is 17.2. The van der Waals surface area contributed by atoms with Gasteiger partial charge in [-0.25, -0.2) is 10.4 Å². The fourth-order valence-electron chi connectivity index (χ4n) is 4.98. The molecule has 9 heteroatoms. The number of likely N-dealkylation sites (tertiary alicyclic amines) is 1. The molecule has 2 atom stereocenters. The number of carbonyl (C=O) groups is 1. The molecule has 1 fully saturated rings. The predicted molar refractivity (Wildman–Crippen MR) is 150 cm³/mol. The number of aliphatic hydroxyl groups is 1. The van der Waals surface area contributed by atoms with Crippen LogP contribution in [0.15, 0.2) is 64.5 Å². The van der Waals surface area contributed by atoms with E-state index in [9.17, 15) is 9.90 Å². The van der Waals surface area contributed by atoms with Gasteiger partial charge in [-0.3, -0.25) is 4.79 Å². The van der Waals surface area contributed by atoms with Crippen molar-refractivity contribution in [3.8, 4) is 0 Å². The van der Waals surface area contributed by atoms with Gasteiger partial charge in [0.1, 0.15) is 16.5 Å². The van der Waals surface area contributed by atoms with Crippen LogP contribution in [0.3, 0.4) is 0 Å². The Bertz CT molecular complexity index is 1220. The molecule has 0 radical (unpaired) electrons. The van der Waals surface area contributed by atoms with E-state index in [-0.39, 0.29) is 5.91 Å². The molecule has 0 spiro atoms. The van der Waals surface area contributed by atoms with Gasteiger partial charge in [0, 0.05) is 30.2 Å². The number of hydrazine groups is 1. The lowest BCUT2D eigenvalue weighted by atomic mass is 9.83. The van der Waals surface area contributed by atoms with Crippen LogP contribution in [0.5, 0.6) is 0 Å². The highest BCUT2D eigenvalue weighted by molar-refractivity contribution is 9.11. The van der Waals surface area contributed by atoms with Gasteiger partial charge in [0.05, 0.1) is 11.9 Å². The quantitative estimate of drug-likeness (QED) is 0.327. The minimum absolute atomic E-state index is 0.0246. The van der Waals surface area contributed by atoms with Crippen LogP contribution in [0.4, 0.5) is 5.82 Å². The highest BCUT2D eigenvalue weighted by Gasteiger charge is 2.39. The summed E-state index contributed by atoms with van der Waals surface area (Å²) >= 11 is 9.32.